The van der Waals surface area contributed by atoms with Crippen LogP contribution in [-0.4, -0.2) is 34.6 Å². The van der Waals surface area contributed by atoms with Crippen molar-refractivity contribution in [3.8, 4) is 5.75 Å². The van der Waals surface area contributed by atoms with Gasteiger partial charge in [0.1, 0.15) is 22.9 Å². The van der Waals surface area contributed by atoms with Gasteiger partial charge in [-0.05, 0) is 19.9 Å². The van der Waals surface area contributed by atoms with Gasteiger partial charge >= 0.3 is 0 Å². The molecule has 1 aliphatic rings. The monoisotopic (exact) mass is 448 g/mol. The van der Waals surface area contributed by atoms with E-state index < -0.39 is 39.9 Å². The third kappa shape index (κ3) is 4.04. The van der Waals surface area contributed by atoms with E-state index in [1.165, 1.54) is 16.8 Å². The quantitative estimate of drug-likeness (QED) is 0.707. The van der Waals surface area contributed by atoms with Crippen LogP contribution in [0.25, 0.3) is 0 Å². The molecule has 32 heavy (non-hydrogen) atoms. The predicted octanol–water partition coefficient (Wildman–Crippen LogP) is 3.20. The van der Waals surface area contributed by atoms with Crippen LogP contribution in [0.2, 0.25) is 0 Å². The largest absolute Gasteiger partial charge is 0.503 e. The summed E-state index contributed by atoms with van der Waals surface area (Å²) in [7, 11) is 0. The lowest BCUT2D eigenvalue weighted by Crippen LogP contribution is -2.47. The number of carbonyl (C=O) groups is 2. The Kier molecular flexibility index (Phi) is 6.50. The number of hydrogen-bond acceptors (Lipinski definition) is 5. The standard InChI is InChI=1S/C23H26F2N2O5/c1-5-32-11-16-12(2)27-10-15(19(28)20(29)18(27)21(30)23(16,3)4)22(31)26-9-13-6-7-14(24)8-17(13)25/h6-8,10,12,16,29H,5,9,11H2,1-4H3,(H,26,31)/t12-,16+/m1/s1. The summed E-state index contributed by atoms with van der Waals surface area (Å²) in [4.78, 5) is 38.5. The second-order valence-electron chi connectivity index (χ2n) is 8.45. The van der Waals surface area contributed by atoms with Crippen molar-refractivity contribution in [2.24, 2.45) is 11.3 Å². The van der Waals surface area contributed by atoms with Gasteiger partial charge in [-0.25, -0.2) is 8.78 Å². The van der Waals surface area contributed by atoms with Gasteiger partial charge in [0.2, 0.25) is 5.43 Å². The van der Waals surface area contributed by atoms with E-state index in [1.54, 1.807) is 13.8 Å². The number of fused-ring (bicyclic) bond motifs is 1. The summed E-state index contributed by atoms with van der Waals surface area (Å²) in [6, 6.07) is 2.56. The number of aromatic hydroxyl groups is 1. The average molecular weight is 448 g/mol. The Hall–Kier alpha value is -3.07. The molecule has 2 atom stereocenters. The Morgan fingerprint density at radius 2 is 1.97 bits per heavy atom. The lowest BCUT2D eigenvalue weighted by molar-refractivity contribution is 0.0166. The molecule has 0 saturated carbocycles. The molecule has 1 aromatic carbocycles. The minimum atomic E-state index is -0.993. The number of ether oxygens (including phenoxy) is 1. The molecule has 0 spiro atoms. The maximum atomic E-state index is 13.8. The lowest BCUT2D eigenvalue weighted by Gasteiger charge is -2.43. The van der Waals surface area contributed by atoms with E-state index in [1.807, 2.05) is 13.8 Å². The number of ketones is 1. The fourth-order valence-corrected chi connectivity index (χ4v) is 4.13. The summed E-state index contributed by atoms with van der Waals surface area (Å²) in [5.41, 5.74) is -2.40. The summed E-state index contributed by atoms with van der Waals surface area (Å²) in [5.74, 6) is -3.93. The third-order valence-corrected chi connectivity index (χ3v) is 6.16. The molecule has 0 fully saturated rings. The number of aromatic nitrogens is 1. The van der Waals surface area contributed by atoms with Crippen LogP contribution in [0.5, 0.6) is 5.75 Å². The molecule has 172 valence electrons. The van der Waals surface area contributed by atoms with Crippen LogP contribution < -0.4 is 10.7 Å². The first-order valence-corrected chi connectivity index (χ1v) is 10.3. The Labute approximate surface area is 184 Å². The van der Waals surface area contributed by atoms with Crippen LogP contribution in [0.4, 0.5) is 8.78 Å². The number of amides is 1. The number of benzene rings is 1. The molecule has 1 amide bonds. The van der Waals surface area contributed by atoms with Gasteiger partial charge in [0.25, 0.3) is 5.91 Å². The summed E-state index contributed by atoms with van der Waals surface area (Å²) in [6.07, 6.45) is 1.24. The lowest BCUT2D eigenvalue weighted by atomic mass is 9.68. The average Bonchev–Trinajstić information content (AvgIpc) is 2.73. The molecular weight excluding hydrogens is 422 g/mol. The van der Waals surface area contributed by atoms with Crippen molar-refractivity contribution in [2.75, 3.05) is 13.2 Å². The van der Waals surface area contributed by atoms with Crippen molar-refractivity contribution in [1.29, 1.82) is 0 Å². The highest BCUT2D eigenvalue weighted by Gasteiger charge is 2.48. The topological polar surface area (TPSA) is 97.6 Å². The molecule has 3 rings (SSSR count). The third-order valence-electron chi connectivity index (χ3n) is 6.16. The maximum absolute atomic E-state index is 13.8. The fraction of sp³-hybridized carbons (Fsp3) is 0.435. The molecule has 2 heterocycles. The molecule has 0 bridgehead atoms. The van der Waals surface area contributed by atoms with E-state index in [0.29, 0.717) is 12.7 Å². The molecular formula is C23H26F2N2O5. The second-order valence-corrected chi connectivity index (χ2v) is 8.45. The highest BCUT2D eigenvalue weighted by atomic mass is 19.1. The van der Waals surface area contributed by atoms with Crippen LogP contribution in [-0.2, 0) is 11.3 Å². The number of hydrogen-bond donors (Lipinski definition) is 2. The number of nitrogens with one attached hydrogen (secondary N) is 1. The zero-order chi connectivity index (χ0) is 23.8. The van der Waals surface area contributed by atoms with Crippen LogP contribution in [0.15, 0.2) is 29.2 Å². The number of halogens is 2. The Morgan fingerprint density at radius 3 is 2.59 bits per heavy atom. The van der Waals surface area contributed by atoms with Gasteiger partial charge in [-0.3, -0.25) is 14.4 Å². The minimum Gasteiger partial charge on any atom is -0.503 e. The predicted molar refractivity (Wildman–Crippen MR) is 113 cm³/mol. The van der Waals surface area contributed by atoms with E-state index in [9.17, 15) is 28.3 Å². The van der Waals surface area contributed by atoms with Crippen molar-refractivity contribution < 1.29 is 28.2 Å². The van der Waals surface area contributed by atoms with Crippen LogP contribution in [0.1, 0.15) is 60.1 Å². The number of rotatable bonds is 6. The highest BCUT2D eigenvalue weighted by Crippen LogP contribution is 2.44. The molecule has 2 N–H and O–H groups in total. The number of carbonyl (C=O) groups excluding carboxylic acids is 2. The smallest absolute Gasteiger partial charge is 0.257 e. The summed E-state index contributed by atoms with van der Waals surface area (Å²) in [6.45, 7) is 7.59. The van der Waals surface area contributed by atoms with Gasteiger partial charge < -0.3 is 19.7 Å². The van der Waals surface area contributed by atoms with Crippen LogP contribution >= 0.6 is 0 Å². The first-order chi connectivity index (χ1) is 15.0. The molecule has 0 radical (unpaired) electrons. The van der Waals surface area contributed by atoms with Crippen molar-refractivity contribution >= 4 is 11.7 Å². The van der Waals surface area contributed by atoms with Crippen molar-refractivity contribution in [3.05, 3.63) is 63.1 Å². The molecule has 1 aliphatic heterocycles. The minimum absolute atomic E-state index is 0.0316. The SMILES string of the molecule is CCOC[C@H]1[C@@H](C)n2cc(C(=O)NCc3ccc(F)cc3F)c(=O)c(O)c2C(=O)C1(C)C. The summed E-state index contributed by atoms with van der Waals surface area (Å²) in [5, 5.41) is 13.0. The molecule has 2 aromatic rings. The van der Waals surface area contributed by atoms with E-state index in [-0.39, 0.29) is 41.9 Å². The van der Waals surface area contributed by atoms with Gasteiger partial charge in [-0.1, -0.05) is 19.9 Å². The molecule has 0 unspecified atom stereocenters. The van der Waals surface area contributed by atoms with Gasteiger partial charge in [-0.2, -0.15) is 0 Å². The first kappa shape index (κ1) is 23.6. The molecule has 0 aliphatic carbocycles. The molecule has 7 nitrogen and oxygen atoms in total. The number of pyridine rings is 1. The van der Waals surface area contributed by atoms with Crippen molar-refractivity contribution in [3.63, 3.8) is 0 Å². The fourth-order valence-electron chi connectivity index (χ4n) is 4.13. The Balaban J connectivity index is 1.97. The van der Waals surface area contributed by atoms with E-state index in [0.717, 1.165) is 6.07 Å². The van der Waals surface area contributed by atoms with E-state index >= 15 is 0 Å². The first-order valence-electron chi connectivity index (χ1n) is 10.3. The van der Waals surface area contributed by atoms with E-state index in [2.05, 4.69) is 5.32 Å². The van der Waals surface area contributed by atoms with Crippen LogP contribution in [0.3, 0.4) is 0 Å². The van der Waals surface area contributed by atoms with Crippen molar-refractivity contribution in [1.82, 2.24) is 9.88 Å². The zero-order valence-electron chi connectivity index (χ0n) is 18.4. The highest BCUT2D eigenvalue weighted by molar-refractivity contribution is 6.03. The normalized spacial score (nSPS) is 19.5. The molecule has 9 heteroatoms. The Bertz CT molecular complexity index is 1130. The number of Topliss-reactive ketones (excluding diaryl/α,β-unsaturated/α-hetero) is 1. The van der Waals surface area contributed by atoms with Gasteiger partial charge in [0.05, 0.1) is 6.61 Å². The number of nitrogens with zero attached hydrogens (tertiary/aromatic N) is 1. The van der Waals surface area contributed by atoms with Gasteiger partial charge in [0.15, 0.2) is 11.5 Å². The summed E-state index contributed by atoms with van der Waals surface area (Å²) < 4.78 is 33.9. The summed E-state index contributed by atoms with van der Waals surface area (Å²) >= 11 is 0. The van der Waals surface area contributed by atoms with Gasteiger partial charge in [-0.15, -0.1) is 0 Å². The van der Waals surface area contributed by atoms with E-state index in [4.69, 9.17) is 4.74 Å². The van der Waals surface area contributed by atoms with Crippen LogP contribution in [0, 0.1) is 23.0 Å². The molecule has 0 saturated heterocycles. The molecule has 1 aromatic heterocycles. The van der Waals surface area contributed by atoms with Crippen molar-refractivity contribution in [2.45, 2.75) is 40.3 Å². The second kappa shape index (κ2) is 8.82. The maximum Gasteiger partial charge on any atom is 0.257 e. The Morgan fingerprint density at radius 1 is 1.28 bits per heavy atom. The zero-order valence-corrected chi connectivity index (χ0v) is 18.4. The van der Waals surface area contributed by atoms with Gasteiger partial charge in [0, 0.05) is 48.4 Å².